The van der Waals surface area contributed by atoms with E-state index in [-0.39, 0.29) is 26.3 Å². The second kappa shape index (κ2) is 8.32. The molecule has 0 aliphatic carbocycles. The van der Waals surface area contributed by atoms with Gasteiger partial charge in [-0.3, -0.25) is 14.9 Å². The standard InChI is InChI=1S/C19H13Cl3N2O5/c1-28-14-8-9(7-12(21)16(14)29-2)6-10-17(25)23-19(27)24(18(10)26)13-5-3-4-11(20)15(13)22/h3-8H,1-2H3,(H,23,25,27)/b10-6+. The molecule has 0 unspecified atom stereocenters. The van der Waals surface area contributed by atoms with Crippen LogP contribution in [0.1, 0.15) is 5.56 Å². The maximum Gasteiger partial charge on any atom is 0.336 e. The summed E-state index contributed by atoms with van der Waals surface area (Å²) in [5.41, 5.74) is 0.131. The van der Waals surface area contributed by atoms with Gasteiger partial charge < -0.3 is 9.47 Å². The summed E-state index contributed by atoms with van der Waals surface area (Å²) in [6, 6.07) is 6.55. The van der Waals surface area contributed by atoms with Gasteiger partial charge in [-0.2, -0.15) is 0 Å². The van der Waals surface area contributed by atoms with E-state index in [0.29, 0.717) is 17.1 Å². The van der Waals surface area contributed by atoms with Gasteiger partial charge in [0.05, 0.1) is 35.0 Å². The molecule has 4 amide bonds. The van der Waals surface area contributed by atoms with E-state index in [4.69, 9.17) is 44.3 Å². The number of hydrogen-bond donors (Lipinski definition) is 1. The van der Waals surface area contributed by atoms with Gasteiger partial charge in [-0.15, -0.1) is 0 Å². The minimum absolute atomic E-state index is 0.000488. The lowest BCUT2D eigenvalue weighted by Crippen LogP contribution is -2.54. The summed E-state index contributed by atoms with van der Waals surface area (Å²) < 4.78 is 10.4. The fourth-order valence-corrected chi connectivity index (χ4v) is 3.41. The summed E-state index contributed by atoms with van der Waals surface area (Å²) in [5, 5.41) is 2.48. The molecular formula is C19H13Cl3N2O5. The number of halogens is 3. The third-order valence-electron chi connectivity index (χ3n) is 4.04. The third-order valence-corrected chi connectivity index (χ3v) is 5.13. The Morgan fingerprint density at radius 2 is 1.72 bits per heavy atom. The minimum atomic E-state index is -0.938. The highest BCUT2D eigenvalue weighted by Crippen LogP contribution is 2.37. The molecule has 0 bridgehead atoms. The van der Waals surface area contributed by atoms with Crippen LogP contribution in [0.2, 0.25) is 15.1 Å². The molecule has 10 heteroatoms. The summed E-state index contributed by atoms with van der Waals surface area (Å²) in [4.78, 5) is 38.3. The molecule has 1 N–H and O–H groups in total. The third kappa shape index (κ3) is 3.89. The predicted octanol–water partition coefficient (Wildman–Crippen LogP) is 4.33. The number of hydrogen-bond acceptors (Lipinski definition) is 5. The van der Waals surface area contributed by atoms with E-state index in [1.807, 2.05) is 0 Å². The molecule has 7 nitrogen and oxygen atoms in total. The van der Waals surface area contributed by atoms with Crippen molar-refractivity contribution in [2.24, 2.45) is 0 Å². The zero-order valence-electron chi connectivity index (χ0n) is 15.1. The van der Waals surface area contributed by atoms with Gasteiger partial charge in [-0.25, -0.2) is 9.69 Å². The van der Waals surface area contributed by atoms with Crippen molar-refractivity contribution in [3.8, 4) is 11.5 Å². The van der Waals surface area contributed by atoms with Crippen molar-refractivity contribution in [1.82, 2.24) is 5.32 Å². The molecule has 29 heavy (non-hydrogen) atoms. The fourth-order valence-electron chi connectivity index (χ4n) is 2.73. The number of carbonyl (C=O) groups is 3. The molecule has 1 aliphatic heterocycles. The van der Waals surface area contributed by atoms with E-state index in [0.717, 1.165) is 4.90 Å². The van der Waals surface area contributed by atoms with Gasteiger partial charge in [0.1, 0.15) is 5.57 Å². The lowest BCUT2D eigenvalue weighted by molar-refractivity contribution is -0.122. The van der Waals surface area contributed by atoms with Gasteiger partial charge in [0.15, 0.2) is 11.5 Å². The molecule has 2 aromatic rings. The van der Waals surface area contributed by atoms with Crippen molar-refractivity contribution in [3.05, 3.63) is 56.5 Å². The van der Waals surface area contributed by atoms with Crippen LogP contribution in [-0.4, -0.2) is 32.1 Å². The van der Waals surface area contributed by atoms with E-state index in [9.17, 15) is 14.4 Å². The lowest BCUT2D eigenvalue weighted by atomic mass is 10.1. The van der Waals surface area contributed by atoms with E-state index >= 15 is 0 Å². The van der Waals surface area contributed by atoms with Gasteiger partial charge >= 0.3 is 6.03 Å². The maximum atomic E-state index is 13.0. The van der Waals surface area contributed by atoms with Crippen LogP contribution < -0.4 is 19.7 Å². The van der Waals surface area contributed by atoms with E-state index in [1.54, 1.807) is 0 Å². The highest BCUT2D eigenvalue weighted by Gasteiger charge is 2.38. The quantitative estimate of drug-likeness (QED) is 0.548. The van der Waals surface area contributed by atoms with Crippen LogP contribution in [0.15, 0.2) is 35.9 Å². The number of benzene rings is 2. The number of nitrogens with zero attached hydrogens (tertiary/aromatic N) is 1. The first kappa shape index (κ1) is 21.0. The number of urea groups is 1. The number of nitrogens with one attached hydrogen (secondary N) is 1. The molecule has 3 rings (SSSR count). The first-order chi connectivity index (χ1) is 13.8. The van der Waals surface area contributed by atoms with E-state index < -0.39 is 17.8 Å². The lowest BCUT2D eigenvalue weighted by Gasteiger charge is -2.27. The second-order valence-electron chi connectivity index (χ2n) is 5.77. The topological polar surface area (TPSA) is 84.9 Å². The Morgan fingerprint density at radius 3 is 2.38 bits per heavy atom. The van der Waals surface area contributed by atoms with Crippen LogP contribution in [0.3, 0.4) is 0 Å². The zero-order valence-corrected chi connectivity index (χ0v) is 17.4. The van der Waals surface area contributed by atoms with Gasteiger partial charge in [0.2, 0.25) is 0 Å². The number of barbiturate groups is 1. The molecular weight excluding hydrogens is 443 g/mol. The first-order valence-corrected chi connectivity index (χ1v) is 9.18. The van der Waals surface area contributed by atoms with Crippen LogP contribution in [-0.2, 0) is 9.59 Å². The molecule has 0 spiro atoms. The van der Waals surface area contributed by atoms with Crippen LogP contribution in [0, 0.1) is 0 Å². The Labute approximate surface area is 180 Å². The SMILES string of the molecule is COc1cc(/C=C2\C(=O)NC(=O)N(c3cccc(Cl)c3Cl)C2=O)cc(Cl)c1OC. The molecule has 0 radical (unpaired) electrons. The number of ether oxygens (including phenoxy) is 2. The Bertz CT molecular complexity index is 1070. The van der Waals surface area contributed by atoms with Crippen LogP contribution in [0.25, 0.3) is 6.08 Å². The number of anilines is 1. The van der Waals surface area contributed by atoms with Gasteiger partial charge in [-0.1, -0.05) is 40.9 Å². The second-order valence-corrected chi connectivity index (χ2v) is 6.96. The van der Waals surface area contributed by atoms with Crippen molar-refractivity contribution >= 4 is 64.4 Å². The number of amides is 4. The van der Waals surface area contributed by atoms with Crippen molar-refractivity contribution in [3.63, 3.8) is 0 Å². The average Bonchev–Trinajstić information content (AvgIpc) is 2.67. The average molecular weight is 456 g/mol. The number of rotatable bonds is 4. The Morgan fingerprint density at radius 1 is 1.00 bits per heavy atom. The Kier molecular flexibility index (Phi) is 6.02. The first-order valence-electron chi connectivity index (χ1n) is 8.05. The van der Waals surface area contributed by atoms with Crippen molar-refractivity contribution in [2.45, 2.75) is 0 Å². The van der Waals surface area contributed by atoms with Crippen molar-refractivity contribution in [1.29, 1.82) is 0 Å². The molecule has 150 valence electrons. The molecule has 1 heterocycles. The molecule has 1 saturated heterocycles. The van der Waals surface area contributed by atoms with Crippen molar-refractivity contribution in [2.75, 3.05) is 19.1 Å². The molecule has 0 aromatic heterocycles. The van der Waals surface area contributed by atoms with Crippen LogP contribution in [0.5, 0.6) is 11.5 Å². The Hall–Kier alpha value is -2.74. The van der Waals surface area contributed by atoms with Crippen molar-refractivity contribution < 1.29 is 23.9 Å². The summed E-state index contributed by atoms with van der Waals surface area (Å²) >= 11 is 18.3. The molecule has 2 aromatic carbocycles. The highest BCUT2D eigenvalue weighted by molar-refractivity contribution is 6.46. The van der Waals surface area contributed by atoms with Gasteiger partial charge in [-0.05, 0) is 35.9 Å². The Balaban J connectivity index is 2.09. The fraction of sp³-hybridized carbons (Fsp3) is 0.105. The van der Waals surface area contributed by atoms with Gasteiger partial charge in [0, 0.05) is 0 Å². The number of carbonyl (C=O) groups excluding carboxylic acids is 3. The zero-order chi connectivity index (χ0) is 21.3. The monoisotopic (exact) mass is 454 g/mol. The number of methoxy groups -OCH3 is 2. The highest BCUT2D eigenvalue weighted by atomic mass is 35.5. The molecule has 1 fully saturated rings. The normalized spacial score (nSPS) is 15.6. The summed E-state index contributed by atoms with van der Waals surface area (Å²) in [5.74, 6) is -1.12. The smallest absolute Gasteiger partial charge is 0.336 e. The molecule has 0 saturated carbocycles. The van der Waals surface area contributed by atoms with Crippen LogP contribution >= 0.6 is 34.8 Å². The largest absolute Gasteiger partial charge is 0.493 e. The summed E-state index contributed by atoms with van der Waals surface area (Å²) in [7, 11) is 2.85. The molecule has 1 aliphatic rings. The summed E-state index contributed by atoms with van der Waals surface area (Å²) in [6.07, 6.45) is 1.28. The van der Waals surface area contributed by atoms with E-state index in [1.165, 1.54) is 50.6 Å². The molecule has 0 atom stereocenters. The van der Waals surface area contributed by atoms with Crippen LogP contribution in [0.4, 0.5) is 10.5 Å². The summed E-state index contributed by atoms with van der Waals surface area (Å²) in [6.45, 7) is 0. The minimum Gasteiger partial charge on any atom is -0.493 e. The number of imide groups is 2. The van der Waals surface area contributed by atoms with Gasteiger partial charge in [0.25, 0.3) is 11.8 Å². The van der Waals surface area contributed by atoms with E-state index in [2.05, 4.69) is 5.32 Å². The maximum absolute atomic E-state index is 13.0. The predicted molar refractivity (Wildman–Crippen MR) is 110 cm³/mol.